The second-order valence-electron chi connectivity index (χ2n) is 5.32. The minimum Gasteiger partial charge on any atom is -0.459 e. The molecule has 6 nitrogen and oxygen atoms in total. The smallest absolute Gasteiger partial charge is 0.287 e. The molecule has 2 amide bonds. The Labute approximate surface area is 117 Å². The predicted octanol–water partition coefficient (Wildman–Crippen LogP) is 0.819. The molecule has 6 heteroatoms. The van der Waals surface area contributed by atoms with Crippen LogP contribution < -0.4 is 10.6 Å². The Balaban J connectivity index is 1.78. The number of aliphatic hydroxyl groups is 1. The van der Waals surface area contributed by atoms with Crippen molar-refractivity contribution in [3.63, 3.8) is 0 Å². The Morgan fingerprint density at radius 2 is 2.15 bits per heavy atom. The molecule has 1 aliphatic carbocycles. The second-order valence-corrected chi connectivity index (χ2v) is 5.32. The van der Waals surface area contributed by atoms with Gasteiger partial charge in [-0.05, 0) is 31.9 Å². The third-order valence-electron chi connectivity index (χ3n) is 3.61. The largest absolute Gasteiger partial charge is 0.459 e. The van der Waals surface area contributed by atoms with Gasteiger partial charge in [0.15, 0.2) is 5.76 Å². The van der Waals surface area contributed by atoms with E-state index in [0.717, 1.165) is 12.8 Å². The fourth-order valence-electron chi connectivity index (χ4n) is 2.36. The van der Waals surface area contributed by atoms with Gasteiger partial charge in [0.2, 0.25) is 5.91 Å². The summed E-state index contributed by atoms with van der Waals surface area (Å²) < 4.78 is 4.95. The molecule has 1 unspecified atom stereocenters. The van der Waals surface area contributed by atoms with Crippen molar-refractivity contribution < 1.29 is 19.1 Å². The van der Waals surface area contributed by atoms with Gasteiger partial charge in [0.1, 0.15) is 6.04 Å². The van der Waals surface area contributed by atoms with Gasteiger partial charge in [-0.1, -0.05) is 12.8 Å². The lowest BCUT2D eigenvalue weighted by molar-refractivity contribution is -0.123. The van der Waals surface area contributed by atoms with Crippen LogP contribution in [0.2, 0.25) is 0 Å². The molecule has 0 spiro atoms. The van der Waals surface area contributed by atoms with Gasteiger partial charge < -0.3 is 20.2 Å². The van der Waals surface area contributed by atoms with Gasteiger partial charge in [-0.25, -0.2) is 0 Å². The van der Waals surface area contributed by atoms with Crippen LogP contribution in [0.15, 0.2) is 22.8 Å². The minimum absolute atomic E-state index is 0.166. The molecule has 0 bridgehead atoms. The summed E-state index contributed by atoms with van der Waals surface area (Å²) >= 11 is 0. The molecule has 2 rings (SSSR count). The van der Waals surface area contributed by atoms with Crippen LogP contribution in [-0.2, 0) is 4.79 Å². The average Bonchev–Trinajstić information content (AvgIpc) is 3.07. The third kappa shape index (κ3) is 3.60. The Hall–Kier alpha value is -1.82. The van der Waals surface area contributed by atoms with Crippen LogP contribution >= 0.6 is 0 Å². The number of rotatable bonds is 5. The molecule has 1 atom stereocenters. The van der Waals surface area contributed by atoms with Crippen LogP contribution in [0.4, 0.5) is 0 Å². The number of carbonyl (C=O) groups excluding carboxylic acids is 2. The van der Waals surface area contributed by atoms with E-state index >= 15 is 0 Å². The molecule has 3 N–H and O–H groups in total. The van der Waals surface area contributed by atoms with Crippen LogP contribution in [0.3, 0.4) is 0 Å². The molecule has 20 heavy (non-hydrogen) atoms. The lowest BCUT2D eigenvalue weighted by Crippen LogP contribution is -2.49. The maximum atomic E-state index is 11.9. The van der Waals surface area contributed by atoms with Crippen LogP contribution in [0, 0.1) is 0 Å². The standard InChI is InChI=1S/C14H20N2O4/c1-10(16-13(18)11-5-4-8-20-11)12(17)15-9-14(19)6-2-3-7-14/h4-5,8,10,19H,2-3,6-7,9H2,1H3,(H,15,17)(H,16,18). The molecule has 1 fully saturated rings. The Kier molecular flexibility index (Phi) is 4.44. The Morgan fingerprint density at radius 1 is 1.45 bits per heavy atom. The van der Waals surface area contributed by atoms with Crippen LogP contribution in [0.5, 0.6) is 0 Å². The SMILES string of the molecule is CC(NC(=O)c1ccco1)C(=O)NCC1(O)CCCC1. The number of nitrogens with one attached hydrogen (secondary N) is 2. The summed E-state index contributed by atoms with van der Waals surface area (Å²) in [5, 5.41) is 15.4. The van der Waals surface area contributed by atoms with Crippen LogP contribution in [0.1, 0.15) is 43.2 Å². The van der Waals surface area contributed by atoms with Gasteiger partial charge in [0, 0.05) is 6.54 Å². The van der Waals surface area contributed by atoms with E-state index in [1.165, 1.54) is 12.3 Å². The molecule has 1 heterocycles. The summed E-state index contributed by atoms with van der Waals surface area (Å²) in [7, 11) is 0. The van der Waals surface area contributed by atoms with Gasteiger partial charge in [0.05, 0.1) is 11.9 Å². The maximum Gasteiger partial charge on any atom is 0.287 e. The van der Waals surface area contributed by atoms with Crippen molar-refractivity contribution in [2.75, 3.05) is 6.54 Å². The van der Waals surface area contributed by atoms with E-state index in [1.54, 1.807) is 13.0 Å². The lowest BCUT2D eigenvalue weighted by atomic mass is 10.0. The fourth-order valence-corrected chi connectivity index (χ4v) is 2.36. The van der Waals surface area contributed by atoms with Crippen molar-refractivity contribution in [3.8, 4) is 0 Å². The molecule has 1 aromatic heterocycles. The summed E-state index contributed by atoms with van der Waals surface area (Å²) in [5.41, 5.74) is -0.791. The highest BCUT2D eigenvalue weighted by Gasteiger charge is 2.31. The topological polar surface area (TPSA) is 91.6 Å². The number of amides is 2. The van der Waals surface area contributed by atoms with E-state index < -0.39 is 17.6 Å². The Morgan fingerprint density at radius 3 is 2.75 bits per heavy atom. The van der Waals surface area contributed by atoms with Crippen molar-refractivity contribution >= 4 is 11.8 Å². The van der Waals surface area contributed by atoms with Crippen molar-refractivity contribution in [1.29, 1.82) is 0 Å². The number of hydrogen-bond donors (Lipinski definition) is 3. The van der Waals surface area contributed by atoms with E-state index in [2.05, 4.69) is 10.6 Å². The Bertz CT molecular complexity index is 464. The highest BCUT2D eigenvalue weighted by Crippen LogP contribution is 2.28. The molecule has 1 aromatic rings. The van der Waals surface area contributed by atoms with Crippen molar-refractivity contribution in [3.05, 3.63) is 24.2 Å². The van der Waals surface area contributed by atoms with E-state index in [1.807, 2.05) is 0 Å². The van der Waals surface area contributed by atoms with Crippen molar-refractivity contribution in [1.82, 2.24) is 10.6 Å². The van der Waals surface area contributed by atoms with Crippen LogP contribution in [0.25, 0.3) is 0 Å². The first-order valence-electron chi connectivity index (χ1n) is 6.85. The molecular weight excluding hydrogens is 260 g/mol. The first kappa shape index (κ1) is 14.6. The van der Waals surface area contributed by atoms with Gasteiger partial charge >= 0.3 is 0 Å². The molecular formula is C14H20N2O4. The van der Waals surface area contributed by atoms with E-state index in [-0.39, 0.29) is 18.2 Å². The summed E-state index contributed by atoms with van der Waals surface area (Å²) in [5.74, 6) is -0.582. The lowest BCUT2D eigenvalue weighted by Gasteiger charge is -2.23. The van der Waals surface area contributed by atoms with Crippen molar-refractivity contribution in [2.45, 2.75) is 44.2 Å². The normalized spacial score (nSPS) is 18.5. The molecule has 1 aliphatic rings. The number of furan rings is 1. The van der Waals surface area contributed by atoms with Gasteiger partial charge in [0.25, 0.3) is 5.91 Å². The third-order valence-corrected chi connectivity index (χ3v) is 3.61. The fraction of sp³-hybridized carbons (Fsp3) is 0.571. The molecule has 0 radical (unpaired) electrons. The van der Waals surface area contributed by atoms with Gasteiger partial charge in [-0.2, -0.15) is 0 Å². The van der Waals surface area contributed by atoms with E-state index in [0.29, 0.717) is 12.8 Å². The molecule has 0 aliphatic heterocycles. The zero-order chi connectivity index (χ0) is 14.6. The molecule has 1 saturated carbocycles. The summed E-state index contributed by atoms with van der Waals surface area (Å²) in [4.78, 5) is 23.6. The highest BCUT2D eigenvalue weighted by atomic mass is 16.3. The first-order chi connectivity index (χ1) is 9.50. The van der Waals surface area contributed by atoms with E-state index in [9.17, 15) is 14.7 Å². The van der Waals surface area contributed by atoms with Gasteiger partial charge in [-0.15, -0.1) is 0 Å². The predicted molar refractivity (Wildman–Crippen MR) is 72.1 cm³/mol. The zero-order valence-electron chi connectivity index (χ0n) is 11.5. The quantitative estimate of drug-likeness (QED) is 0.744. The number of hydrogen-bond acceptors (Lipinski definition) is 4. The second kappa shape index (κ2) is 6.09. The average molecular weight is 280 g/mol. The number of carbonyl (C=O) groups is 2. The van der Waals surface area contributed by atoms with Crippen LogP contribution in [-0.4, -0.2) is 35.1 Å². The highest BCUT2D eigenvalue weighted by molar-refractivity contribution is 5.95. The summed E-state index contributed by atoms with van der Waals surface area (Å²) in [6.07, 6.45) is 4.78. The van der Waals surface area contributed by atoms with Gasteiger partial charge in [-0.3, -0.25) is 9.59 Å². The monoisotopic (exact) mass is 280 g/mol. The minimum atomic E-state index is -0.791. The maximum absolute atomic E-state index is 11.9. The zero-order valence-corrected chi connectivity index (χ0v) is 11.5. The van der Waals surface area contributed by atoms with Crippen molar-refractivity contribution in [2.24, 2.45) is 0 Å². The molecule has 110 valence electrons. The first-order valence-corrected chi connectivity index (χ1v) is 6.85. The molecule has 0 aromatic carbocycles. The molecule has 0 saturated heterocycles. The van der Waals surface area contributed by atoms with E-state index in [4.69, 9.17) is 4.42 Å². The summed E-state index contributed by atoms with van der Waals surface area (Å²) in [6.45, 7) is 1.82. The summed E-state index contributed by atoms with van der Waals surface area (Å²) in [6, 6.07) is 2.45.